The summed E-state index contributed by atoms with van der Waals surface area (Å²) in [6.07, 6.45) is 1.63. The lowest BCUT2D eigenvalue weighted by atomic mass is 9.87. The van der Waals surface area contributed by atoms with E-state index in [2.05, 4.69) is 12.1 Å². The Morgan fingerprint density at radius 1 is 0.731 bits per heavy atom. The minimum atomic E-state index is -0.359. The highest BCUT2D eigenvalue weighted by molar-refractivity contribution is 5.69. The lowest BCUT2D eigenvalue weighted by molar-refractivity contribution is -0.140. The molecule has 1 fully saturated rings. The lowest BCUT2D eigenvalue weighted by Gasteiger charge is -2.38. The summed E-state index contributed by atoms with van der Waals surface area (Å²) in [5.41, 5.74) is 4.00. The number of hydrogen-bond donors (Lipinski definition) is 0. The molecule has 1 amide bonds. The highest BCUT2D eigenvalue weighted by Gasteiger charge is 2.34. The molecule has 2 atom stereocenters. The van der Waals surface area contributed by atoms with Gasteiger partial charge < -0.3 is 38.1 Å². The number of rotatable bonds is 19. The van der Waals surface area contributed by atoms with Crippen LogP contribution in [0.1, 0.15) is 47.4 Å². The van der Waals surface area contributed by atoms with Gasteiger partial charge in [0, 0.05) is 30.9 Å². The zero-order valence-corrected chi connectivity index (χ0v) is 30.1. The van der Waals surface area contributed by atoms with Crippen molar-refractivity contribution in [2.24, 2.45) is 0 Å². The van der Waals surface area contributed by atoms with Crippen LogP contribution in [0, 0.1) is 0 Å². The van der Waals surface area contributed by atoms with Crippen LogP contribution in [-0.4, -0.2) is 76.8 Å². The summed E-state index contributed by atoms with van der Waals surface area (Å²) in [6, 6.07) is 33.3. The number of amides is 1. The second-order valence-corrected chi connectivity index (χ2v) is 12.5. The van der Waals surface area contributed by atoms with E-state index in [9.17, 15) is 9.59 Å². The number of para-hydroxylation sites is 2. The molecule has 2 unspecified atom stereocenters. The van der Waals surface area contributed by atoms with E-state index in [-0.39, 0.29) is 37.1 Å². The zero-order chi connectivity index (χ0) is 36.4. The van der Waals surface area contributed by atoms with E-state index in [1.54, 1.807) is 12.0 Å². The van der Waals surface area contributed by atoms with E-state index >= 15 is 0 Å². The molecule has 1 aliphatic heterocycles. The smallest absolute Gasteiger partial charge is 0.410 e. The van der Waals surface area contributed by atoms with Gasteiger partial charge in [0.2, 0.25) is 0 Å². The molecule has 276 valence electrons. The Morgan fingerprint density at radius 3 is 2.23 bits per heavy atom. The van der Waals surface area contributed by atoms with Crippen LogP contribution in [0.4, 0.5) is 4.79 Å². The predicted octanol–water partition coefficient (Wildman–Crippen LogP) is 7.38. The highest BCUT2D eigenvalue weighted by Crippen LogP contribution is 2.32. The third-order valence-corrected chi connectivity index (χ3v) is 8.95. The normalized spacial score (nSPS) is 15.5. The van der Waals surface area contributed by atoms with Crippen molar-refractivity contribution in [3.8, 4) is 17.2 Å². The van der Waals surface area contributed by atoms with Crippen molar-refractivity contribution in [2.45, 2.75) is 50.9 Å². The summed E-state index contributed by atoms with van der Waals surface area (Å²) in [5.74, 6) is 2.11. The molecule has 1 saturated heterocycles. The van der Waals surface area contributed by atoms with Gasteiger partial charge in [-0.2, -0.15) is 0 Å². The van der Waals surface area contributed by atoms with Crippen LogP contribution in [0.25, 0.3) is 0 Å². The maximum Gasteiger partial charge on any atom is 0.410 e. The Bertz CT molecular complexity index is 1660. The van der Waals surface area contributed by atoms with Crippen LogP contribution < -0.4 is 14.2 Å². The van der Waals surface area contributed by atoms with Crippen LogP contribution in [-0.2, 0) is 43.4 Å². The molecule has 0 aliphatic carbocycles. The van der Waals surface area contributed by atoms with Gasteiger partial charge in [-0.15, -0.1) is 0 Å². The fourth-order valence-corrected chi connectivity index (χ4v) is 6.15. The summed E-state index contributed by atoms with van der Waals surface area (Å²) < 4.78 is 40.2. The van der Waals surface area contributed by atoms with Crippen molar-refractivity contribution in [3.05, 3.63) is 125 Å². The molecule has 0 bridgehead atoms. The number of benzene rings is 4. The molecule has 10 nitrogen and oxygen atoms in total. The second-order valence-electron chi connectivity index (χ2n) is 12.5. The minimum Gasteiger partial charge on any atom is -0.496 e. The number of carbonyl (C=O) groups excluding carboxylic acids is 2. The monoisotopic (exact) mass is 711 g/mol. The van der Waals surface area contributed by atoms with Gasteiger partial charge in [0.25, 0.3) is 0 Å². The summed E-state index contributed by atoms with van der Waals surface area (Å²) in [5, 5.41) is 0. The average Bonchev–Trinajstić information content (AvgIpc) is 3.20. The molecule has 4 aromatic rings. The maximum absolute atomic E-state index is 13.1. The summed E-state index contributed by atoms with van der Waals surface area (Å²) in [7, 11) is 3.05. The molecular weight excluding hydrogens is 662 g/mol. The number of aryl methyl sites for hydroxylation is 1. The molecule has 0 N–H and O–H groups in total. The van der Waals surface area contributed by atoms with Gasteiger partial charge >= 0.3 is 12.1 Å². The lowest BCUT2D eigenvalue weighted by Crippen LogP contribution is -2.47. The van der Waals surface area contributed by atoms with Gasteiger partial charge in [0.05, 0.1) is 53.3 Å². The van der Waals surface area contributed by atoms with Crippen molar-refractivity contribution >= 4 is 12.1 Å². The van der Waals surface area contributed by atoms with Crippen molar-refractivity contribution in [2.75, 3.05) is 53.7 Å². The number of esters is 1. The molecule has 0 aromatic heterocycles. The van der Waals surface area contributed by atoms with E-state index in [4.69, 9.17) is 33.2 Å². The first-order chi connectivity index (χ1) is 25.5. The van der Waals surface area contributed by atoms with Crippen LogP contribution in [0.3, 0.4) is 0 Å². The van der Waals surface area contributed by atoms with E-state index in [0.29, 0.717) is 64.7 Å². The molecule has 0 spiro atoms. The Hall–Kier alpha value is -5.06. The van der Waals surface area contributed by atoms with Gasteiger partial charge in [0.1, 0.15) is 30.5 Å². The molecule has 0 radical (unpaired) electrons. The van der Waals surface area contributed by atoms with Crippen LogP contribution >= 0.6 is 0 Å². The highest BCUT2D eigenvalue weighted by atomic mass is 16.6. The Morgan fingerprint density at radius 2 is 1.46 bits per heavy atom. The average molecular weight is 712 g/mol. The fourth-order valence-electron chi connectivity index (χ4n) is 6.15. The molecular formula is C42H49NO9. The van der Waals surface area contributed by atoms with Gasteiger partial charge in [-0.1, -0.05) is 78.9 Å². The molecule has 52 heavy (non-hydrogen) atoms. The SMILES string of the molecule is COC(=O)CCc1ccccc1OCCOC1CN(C(=O)OCc2ccccc2)CCC1c1ccc(OCCCOCc2ccccc2OC)cc1. The van der Waals surface area contributed by atoms with E-state index in [1.165, 1.54) is 7.11 Å². The van der Waals surface area contributed by atoms with Crippen LogP contribution in [0.15, 0.2) is 103 Å². The van der Waals surface area contributed by atoms with E-state index in [0.717, 1.165) is 40.2 Å². The summed E-state index contributed by atoms with van der Waals surface area (Å²) in [6.45, 7) is 3.38. The third-order valence-electron chi connectivity index (χ3n) is 8.95. The predicted molar refractivity (Wildman–Crippen MR) is 197 cm³/mol. The van der Waals surface area contributed by atoms with E-state index in [1.807, 2.05) is 91.0 Å². The number of methoxy groups -OCH3 is 2. The minimum absolute atomic E-state index is 0.0583. The molecule has 5 rings (SSSR count). The summed E-state index contributed by atoms with van der Waals surface area (Å²) >= 11 is 0. The first-order valence-corrected chi connectivity index (χ1v) is 17.8. The Kier molecular flexibility index (Phi) is 15.2. The van der Waals surface area contributed by atoms with Crippen LogP contribution in [0.2, 0.25) is 0 Å². The first kappa shape index (κ1) is 38.2. The largest absolute Gasteiger partial charge is 0.496 e. The van der Waals surface area contributed by atoms with Gasteiger partial charge in [-0.25, -0.2) is 4.79 Å². The number of carbonyl (C=O) groups is 2. The number of piperidine rings is 1. The molecule has 1 heterocycles. The van der Waals surface area contributed by atoms with Crippen molar-refractivity contribution in [3.63, 3.8) is 0 Å². The van der Waals surface area contributed by atoms with Crippen LogP contribution in [0.5, 0.6) is 17.2 Å². The topological polar surface area (TPSA) is 102 Å². The van der Waals surface area contributed by atoms with E-state index < -0.39 is 0 Å². The summed E-state index contributed by atoms with van der Waals surface area (Å²) in [4.78, 5) is 26.5. The number of likely N-dealkylation sites (tertiary alicyclic amines) is 1. The zero-order valence-electron chi connectivity index (χ0n) is 30.1. The maximum atomic E-state index is 13.1. The Balaban J connectivity index is 1.14. The van der Waals surface area contributed by atoms with Gasteiger partial charge in [-0.05, 0) is 53.8 Å². The van der Waals surface area contributed by atoms with Gasteiger partial charge in [-0.3, -0.25) is 4.79 Å². The number of ether oxygens (including phenoxy) is 7. The third kappa shape index (κ3) is 11.7. The molecule has 4 aromatic carbocycles. The number of hydrogen-bond acceptors (Lipinski definition) is 9. The van der Waals surface area contributed by atoms with Crippen molar-refractivity contribution in [1.82, 2.24) is 4.90 Å². The molecule has 10 heteroatoms. The number of nitrogens with zero attached hydrogens (tertiary/aromatic N) is 1. The standard InChI is InChI=1S/C42H49NO9/c1-46-38-15-8-7-14-35(38)31-48-25-10-26-49-36-20-17-33(18-21-36)37-23-24-43(42(45)52-30-32-11-4-3-5-12-32)29-40(37)51-28-27-50-39-16-9-6-13-34(39)19-22-41(44)47-2/h3-9,11-18,20-21,37,40H,10,19,22-31H2,1-2H3. The fraction of sp³-hybridized carbons (Fsp3) is 0.381. The Labute approximate surface area is 306 Å². The molecule has 0 saturated carbocycles. The second kappa shape index (κ2) is 20.7. The molecule has 1 aliphatic rings. The first-order valence-electron chi connectivity index (χ1n) is 17.8. The van der Waals surface area contributed by atoms with Crippen molar-refractivity contribution in [1.29, 1.82) is 0 Å². The van der Waals surface area contributed by atoms with Crippen molar-refractivity contribution < 1.29 is 42.7 Å². The quantitative estimate of drug-likeness (QED) is 0.0729. The van der Waals surface area contributed by atoms with Gasteiger partial charge in [0.15, 0.2) is 0 Å².